The molecular formula is C14H10FNO2. The first-order valence-electron chi connectivity index (χ1n) is 5.24. The van der Waals surface area contributed by atoms with E-state index in [1.807, 2.05) is 0 Å². The van der Waals surface area contributed by atoms with Crippen LogP contribution in [0.5, 0.6) is 5.75 Å². The number of hydrogen-bond donors (Lipinski definition) is 1. The average Bonchev–Trinajstić information content (AvgIpc) is 2.38. The number of hydrogen-bond acceptors (Lipinski definition) is 2. The SMILES string of the molecule is C#Cc1c(F)ccc2cc(OC(=O)NC)ccc12. The lowest BCUT2D eigenvalue weighted by Gasteiger charge is -2.06. The van der Waals surface area contributed by atoms with E-state index in [1.165, 1.54) is 13.1 Å². The quantitative estimate of drug-likeness (QED) is 0.782. The third kappa shape index (κ3) is 2.11. The minimum atomic E-state index is -0.561. The van der Waals surface area contributed by atoms with Crippen LogP contribution in [0, 0.1) is 18.2 Å². The molecular weight excluding hydrogens is 233 g/mol. The predicted molar refractivity (Wildman–Crippen MR) is 66.9 cm³/mol. The summed E-state index contributed by atoms with van der Waals surface area (Å²) < 4.78 is 18.4. The fourth-order valence-corrected chi connectivity index (χ4v) is 1.65. The van der Waals surface area contributed by atoms with Gasteiger partial charge >= 0.3 is 6.09 Å². The summed E-state index contributed by atoms with van der Waals surface area (Å²) in [6, 6.07) is 7.71. The van der Waals surface area contributed by atoms with E-state index in [4.69, 9.17) is 11.2 Å². The highest BCUT2D eigenvalue weighted by atomic mass is 19.1. The van der Waals surface area contributed by atoms with Gasteiger partial charge in [-0.15, -0.1) is 6.42 Å². The van der Waals surface area contributed by atoms with E-state index in [-0.39, 0.29) is 5.56 Å². The maximum atomic E-state index is 13.4. The van der Waals surface area contributed by atoms with Gasteiger partial charge in [0.25, 0.3) is 0 Å². The van der Waals surface area contributed by atoms with Gasteiger partial charge in [-0.3, -0.25) is 0 Å². The van der Waals surface area contributed by atoms with E-state index in [9.17, 15) is 9.18 Å². The van der Waals surface area contributed by atoms with Crippen molar-refractivity contribution in [2.45, 2.75) is 0 Å². The van der Waals surface area contributed by atoms with Crippen molar-refractivity contribution in [1.82, 2.24) is 5.32 Å². The van der Waals surface area contributed by atoms with E-state index < -0.39 is 11.9 Å². The van der Waals surface area contributed by atoms with Crippen LogP contribution in [-0.4, -0.2) is 13.1 Å². The number of ether oxygens (including phenoxy) is 1. The number of terminal acetylenes is 1. The van der Waals surface area contributed by atoms with Crippen LogP contribution in [0.25, 0.3) is 10.8 Å². The molecule has 3 nitrogen and oxygen atoms in total. The van der Waals surface area contributed by atoms with Gasteiger partial charge in [-0.05, 0) is 29.7 Å². The second-order valence-electron chi connectivity index (χ2n) is 3.59. The molecule has 1 amide bonds. The highest BCUT2D eigenvalue weighted by Gasteiger charge is 2.07. The molecule has 2 aromatic carbocycles. The first-order chi connectivity index (χ1) is 8.65. The van der Waals surface area contributed by atoms with Crippen LogP contribution in [0.3, 0.4) is 0 Å². The van der Waals surface area contributed by atoms with Gasteiger partial charge in [-0.2, -0.15) is 0 Å². The van der Waals surface area contributed by atoms with E-state index in [2.05, 4.69) is 11.2 Å². The molecule has 0 aliphatic carbocycles. The second-order valence-corrected chi connectivity index (χ2v) is 3.59. The molecule has 0 aromatic heterocycles. The Balaban J connectivity index is 2.51. The molecule has 0 fully saturated rings. The maximum absolute atomic E-state index is 13.4. The summed E-state index contributed by atoms with van der Waals surface area (Å²) >= 11 is 0. The Kier molecular flexibility index (Phi) is 3.16. The van der Waals surface area contributed by atoms with Crippen molar-refractivity contribution >= 4 is 16.9 Å². The molecule has 0 aliphatic rings. The van der Waals surface area contributed by atoms with Crippen LogP contribution in [-0.2, 0) is 0 Å². The van der Waals surface area contributed by atoms with Crippen LogP contribution in [0.15, 0.2) is 30.3 Å². The summed E-state index contributed by atoms with van der Waals surface area (Å²) in [6.45, 7) is 0. The number of rotatable bonds is 1. The lowest BCUT2D eigenvalue weighted by molar-refractivity contribution is 0.203. The lowest BCUT2D eigenvalue weighted by Crippen LogP contribution is -2.21. The Morgan fingerprint density at radius 1 is 1.39 bits per heavy atom. The van der Waals surface area contributed by atoms with Crippen molar-refractivity contribution in [2.24, 2.45) is 0 Å². The predicted octanol–water partition coefficient (Wildman–Crippen LogP) is 2.68. The third-order valence-corrected chi connectivity index (χ3v) is 2.50. The number of benzene rings is 2. The van der Waals surface area contributed by atoms with Crippen molar-refractivity contribution in [3.63, 3.8) is 0 Å². The van der Waals surface area contributed by atoms with E-state index in [1.54, 1.807) is 24.3 Å². The molecule has 90 valence electrons. The fourth-order valence-electron chi connectivity index (χ4n) is 1.65. The largest absolute Gasteiger partial charge is 0.412 e. The van der Waals surface area contributed by atoms with Crippen LogP contribution < -0.4 is 10.1 Å². The van der Waals surface area contributed by atoms with Crippen molar-refractivity contribution < 1.29 is 13.9 Å². The van der Waals surface area contributed by atoms with Gasteiger partial charge in [0.1, 0.15) is 11.6 Å². The number of nitrogens with one attached hydrogen (secondary N) is 1. The van der Waals surface area contributed by atoms with Crippen LogP contribution >= 0.6 is 0 Å². The zero-order valence-electron chi connectivity index (χ0n) is 9.66. The smallest absolute Gasteiger partial charge is 0.410 e. The Morgan fingerprint density at radius 2 is 2.17 bits per heavy atom. The zero-order chi connectivity index (χ0) is 13.1. The molecule has 4 heteroatoms. The highest BCUT2D eigenvalue weighted by molar-refractivity contribution is 5.89. The van der Waals surface area contributed by atoms with Gasteiger partial charge in [-0.1, -0.05) is 12.0 Å². The molecule has 1 N–H and O–H groups in total. The molecule has 0 spiro atoms. The topological polar surface area (TPSA) is 38.3 Å². The number of carbonyl (C=O) groups is 1. The summed E-state index contributed by atoms with van der Waals surface area (Å²) in [5.74, 6) is 2.25. The van der Waals surface area contributed by atoms with Crippen molar-refractivity contribution in [3.05, 3.63) is 41.7 Å². The summed E-state index contributed by atoms with van der Waals surface area (Å²) in [5, 5.41) is 3.67. The van der Waals surface area contributed by atoms with Crippen LogP contribution in [0.1, 0.15) is 5.56 Å². The van der Waals surface area contributed by atoms with E-state index in [0.29, 0.717) is 16.5 Å². The standard InChI is InChI=1S/C14H10FNO2/c1-3-11-12-6-5-10(18-14(17)16-2)8-9(12)4-7-13(11)15/h1,4-8H,2H3,(H,16,17). The minimum Gasteiger partial charge on any atom is -0.410 e. The third-order valence-electron chi connectivity index (χ3n) is 2.50. The lowest BCUT2D eigenvalue weighted by atomic mass is 10.0. The average molecular weight is 243 g/mol. The van der Waals surface area contributed by atoms with Gasteiger partial charge in [0, 0.05) is 12.4 Å². The molecule has 2 rings (SSSR count). The van der Waals surface area contributed by atoms with Gasteiger partial charge in [0.2, 0.25) is 0 Å². The molecule has 18 heavy (non-hydrogen) atoms. The van der Waals surface area contributed by atoms with Crippen molar-refractivity contribution in [2.75, 3.05) is 7.05 Å². The Morgan fingerprint density at radius 3 is 2.83 bits per heavy atom. The van der Waals surface area contributed by atoms with Gasteiger partial charge in [0.15, 0.2) is 0 Å². The number of carbonyl (C=O) groups excluding carboxylic acids is 1. The second kappa shape index (κ2) is 4.76. The number of fused-ring (bicyclic) bond motifs is 1. The molecule has 0 saturated heterocycles. The van der Waals surface area contributed by atoms with Gasteiger partial charge in [-0.25, -0.2) is 9.18 Å². The summed E-state index contributed by atoms with van der Waals surface area (Å²) in [4.78, 5) is 11.1. The normalized spacial score (nSPS) is 9.83. The summed E-state index contributed by atoms with van der Waals surface area (Å²) in [5.41, 5.74) is 0.207. The fraction of sp³-hybridized carbons (Fsp3) is 0.0714. The molecule has 0 aliphatic heterocycles. The number of amides is 1. The maximum Gasteiger partial charge on any atom is 0.412 e. The van der Waals surface area contributed by atoms with Crippen molar-refractivity contribution in [3.8, 4) is 18.1 Å². The first kappa shape index (κ1) is 11.9. The highest BCUT2D eigenvalue weighted by Crippen LogP contribution is 2.25. The van der Waals surface area contributed by atoms with E-state index >= 15 is 0 Å². The summed E-state index contributed by atoms with van der Waals surface area (Å²) in [7, 11) is 1.47. The molecule has 0 atom stereocenters. The van der Waals surface area contributed by atoms with Gasteiger partial charge < -0.3 is 10.1 Å². The molecule has 0 radical (unpaired) electrons. The Hall–Kier alpha value is -2.54. The molecule has 0 bridgehead atoms. The van der Waals surface area contributed by atoms with Crippen molar-refractivity contribution in [1.29, 1.82) is 0 Å². The minimum absolute atomic E-state index is 0.207. The first-order valence-corrected chi connectivity index (χ1v) is 5.24. The molecule has 2 aromatic rings. The zero-order valence-corrected chi connectivity index (χ0v) is 9.66. The molecule has 0 unspecified atom stereocenters. The Labute approximate surface area is 104 Å². The van der Waals surface area contributed by atoms with Crippen LogP contribution in [0.2, 0.25) is 0 Å². The number of halogens is 1. The summed E-state index contributed by atoms with van der Waals surface area (Å²) in [6.07, 6.45) is 4.71. The molecule has 0 heterocycles. The Bertz CT molecular complexity index is 659. The van der Waals surface area contributed by atoms with Gasteiger partial charge in [0.05, 0.1) is 5.56 Å². The van der Waals surface area contributed by atoms with E-state index in [0.717, 1.165) is 0 Å². The molecule has 0 saturated carbocycles. The van der Waals surface area contributed by atoms with Crippen LogP contribution in [0.4, 0.5) is 9.18 Å². The monoisotopic (exact) mass is 243 g/mol.